The average molecular weight is 386 g/mol. The summed E-state index contributed by atoms with van der Waals surface area (Å²) in [7, 11) is 0. The van der Waals surface area contributed by atoms with E-state index in [0.29, 0.717) is 11.4 Å². The largest absolute Gasteiger partial charge is 0.483 e. The van der Waals surface area contributed by atoms with E-state index in [1.54, 1.807) is 6.07 Å². The first kappa shape index (κ1) is 14.6. The number of nitrogens with two attached hydrogens (primary N) is 1. The van der Waals surface area contributed by atoms with Gasteiger partial charge in [0.25, 0.3) is 5.91 Å². The number of hydrogen-bond donors (Lipinski definition) is 2. The number of anilines is 2. The first-order chi connectivity index (χ1) is 9.56. The lowest BCUT2D eigenvalue weighted by Gasteiger charge is -2.09. The molecule has 0 saturated heterocycles. The summed E-state index contributed by atoms with van der Waals surface area (Å²) in [5.74, 6) is -0.212. The number of rotatable bonds is 4. The van der Waals surface area contributed by atoms with Crippen LogP contribution in [0.5, 0.6) is 5.75 Å². The minimum Gasteiger partial charge on any atom is -0.483 e. The molecule has 0 radical (unpaired) electrons. The molecule has 6 heteroatoms. The van der Waals surface area contributed by atoms with Gasteiger partial charge in [-0.1, -0.05) is 12.1 Å². The molecule has 0 atom stereocenters. The number of ether oxygens (including phenoxy) is 1. The van der Waals surface area contributed by atoms with E-state index >= 15 is 0 Å². The molecule has 0 aliphatic carbocycles. The third kappa shape index (κ3) is 3.83. The summed E-state index contributed by atoms with van der Waals surface area (Å²) in [5.41, 5.74) is 5.84. The molecule has 0 aromatic heterocycles. The molecule has 0 bridgehead atoms. The van der Waals surface area contributed by atoms with Crippen molar-refractivity contribution in [3.63, 3.8) is 0 Å². The Hall–Kier alpha value is -1.83. The highest BCUT2D eigenvalue weighted by atomic mass is 127. The van der Waals surface area contributed by atoms with Crippen molar-refractivity contribution in [3.05, 3.63) is 51.9 Å². The number of carbonyl (C=O) groups excluding carboxylic acids is 1. The van der Waals surface area contributed by atoms with Crippen LogP contribution >= 0.6 is 22.6 Å². The van der Waals surface area contributed by atoms with Gasteiger partial charge in [0.2, 0.25) is 0 Å². The fraction of sp³-hybridized carbons (Fsp3) is 0.0714. The number of halogens is 2. The lowest BCUT2D eigenvalue weighted by Crippen LogP contribution is -2.20. The molecule has 0 aliphatic heterocycles. The van der Waals surface area contributed by atoms with E-state index in [-0.39, 0.29) is 18.2 Å². The minimum atomic E-state index is -0.516. The number of para-hydroxylation sites is 1. The standard InChI is InChI=1S/C14H12FIN2O2/c15-10-6-5-9(7-12(10)17)18-14(19)8-20-13-4-2-1-3-11(13)16/h1-7H,8,17H2,(H,18,19). The first-order valence-corrected chi connectivity index (χ1v) is 6.86. The Labute approximate surface area is 129 Å². The van der Waals surface area contributed by atoms with Crippen molar-refractivity contribution < 1.29 is 13.9 Å². The van der Waals surface area contributed by atoms with Crippen LogP contribution in [-0.4, -0.2) is 12.5 Å². The van der Waals surface area contributed by atoms with Crippen molar-refractivity contribution in [2.45, 2.75) is 0 Å². The smallest absolute Gasteiger partial charge is 0.262 e. The lowest BCUT2D eigenvalue weighted by atomic mass is 10.2. The quantitative estimate of drug-likeness (QED) is 0.627. The predicted molar refractivity (Wildman–Crippen MR) is 84.1 cm³/mol. The van der Waals surface area contributed by atoms with Crippen molar-refractivity contribution in [2.24, 2.45) is 0 Å². The molecule has 0 heterocycles. The normalized spacial score (nSPS) is 10.1. The van der Waals surface area contributed by atoms with Crippen LogP contribution in [0.25, 0.3) is 0 Å². The number of nitrogen functional groups attached to an aromatic ring is 1. The van der Waals surface area contributed by atoms with Gasteiger partial charge in [0.1, 0.15) is 11.6 Å². The van der Waals surface area contributed by atoms with Crippen LogP contribution in [-0.2, 0) is 4.79 Å². The highest BCUT2D eigenvalue weighted by Crippen LogP contribution is 2.20. The van der Waals surface area contributed by atoms with Gasteiger partial charge in [0.05, 0.1) is 9.26 Å². The molecule has 0 saturated carbocycles. The highest BCUT2D eigenvalue weighted by Gasteiger charge is 2.07. The fourth-order valence-corrected chi connectivity index (χ4v) is 2.07. The van der Waals surface area contributed by atoms with Gasteiger partial charge in [0.15, 0.2) is 6.61 Å². The second-order valence-corrected chi connectivity index (χ2v) is 5.17. The number of amides is 1. The number of nitrogens with one attached hydrogen (secondary N) is 1. The zero-order valence-corrected chi connectivity index (χ0v) is 12.6. The van der Waals surface area contributed by atoms with Crippen LogP contribution in [0.1, 0.15) is 0 Å². The van der Waals surface area contributed by atoms with Gasteiger partial charge in [-0.15, -0.1) is 0 Å². The molecular formula is C14H12FIN2O2. The Bertz CT molecular complexity index is 634. The van der Waals surface area contributed by atoms with Gasteiger partial charge in [-0.2, -0.15) is 0 Å². The van der Waals surface area contributed by atoms with Crippen LogP contribution in [0, 0.1) is 9.39 Å². The van der Waals surface area contributed by atoms with Crippen molar-refractivity contribution in [3.8, 4) is 5.75 Å². The van der Waals surface area contributed by atoms with E-state index in [0.717, 1.165) is 3.57 Å². The van der Waals surface area contributed by atoms with E-state index in [1.807, 2.05) is 18.2 Å². The molecule has 3 N–H and O–H groups in total. The average Bonchev–Trinajstić information content (AvgIpc) is 2.42. The third-order valence-corrected chi connectivity index (χ3v) is 3.37. The number of hydrogen-bond acceptors (Lipinski definition) is 3. The Morgan fingerprint density at radius 3 is 2.75 bits per heavy atom. The molecule has 0 aliphatic rings. The Morgan fingerprint density at radius 1 is 1.30 bits per heavy atom. The SMILES string of the molecule is Nc1cc(NC(=O)COc2ccccc2I)ccc1F. The molecule has 0 spiro atoms. The van der Waals surface area contributed by atoms with Gasteiger partial charge in [-0.3, -0.25) is 4.79 Å². The fourth-order valence-electron chi connectivity index (χ4n) is 1.52. The molecule has 0 unspecified atom stereocenters. The Morgan fingerprint density at radius 2 is 2.05 bits per heavy atom. The second-order valence-electron chi connectivity index (χ2n) is 4.00. The van der Waals surface area contributed by atoms with E-state index < -0.39 is 5.82 Å². The first-order valence-electron chi connectivity index (χ1n) is 5.78. The Kier molecular flexibility index (Phi) is 4.78. The third-order valence-electron chi connectivity index (χ3n) is 2.48. The maximum absolute atomic E-state index is 13.0. The molecule has 4 nitrogen and oxygen atoms in total. The van der Waals surface area contributed by atoms with Crippen LogP contribution in [0.4, 0.5) is 15.8 Å². The zero-order valence-electron chi connectivity index (χ0n) is 10.4. The molecule has 0 fully saturated rings. The van der Waals surface area contributed by atoms with E-state index in [1.165, 1.54) is 18.2 Å². The lowest BCUT2D eigenvalue weighted by molar-refractivity contribution is -0.118. The van der Waals surface area contributed by atoms with Crippen LogP contribution < -0.4 is 15.8 Å². The van der Waals surface area contributed by atoms with Gasteiger partial charge >= 0.3 is 0 Å². The highest BCUT2D eigenvalue weighted by molar-refractivity contribution is 14.1. The monoisotopic (exact) mass is 386 g/mol. The minimum absolute atomic E-state index is 0.0127. The summed E-state index contributed by atoms with van der Waals surface area (Å²) in [6.07, 6.45) is 0. The van der Waals surface area contributed by atoms with E-state index in [4.69, 9.17) is 10.5 Å². The van der Waals surface area contributed by atoms with Gasteiger partial charge < -0.3 is 15.8 Å². The predicted octanol–water partition coefficient (Wildman–Crippen LogP) is 3.03. The van der Waals surface area contributed by atoms with Crippen LogP contribution in [0.2, 0.25) is 0 Å². The molecular weight excluding hydrogens is 374 g/mol. The van der Waals surface area contributed by atoms with Crippen molar-refractivity contribution in [1.29, 1.82) is 0 Å². The summed E-state index contributed by atoms with van der Waals surface area (Å²) >= 11 is 2.12. The summed E-state index contributed by atoms with van der Waals surface area (Å²) < 4.78 is 19.3. The van der Waals surface area contributed by atoms with Crippen LogP contribution in [0.3, 0.4) is 0 Å². The zero-order chi connectivity index (χ0) is 14.5. The van der Waals surface area contributed by atoms with Gasteiger partial charge in [-0.25, -0.2) is 4.39 Å². The molecule has 2 rings (SSSR count). The molecule has 2 aromatic carbocycles. The number of carbonyl (C=O) groups is 1. The van der Waals surface area contributed by atoms with Crippen molar-refractivity contribution >= 4 is 39.9 Å². The van der Waals surface area contributed by atoms with E-state index in [2.05, 4.69) is 27.9 Å². The molecule has 104 valence electrons. The van der Waals surface area contributed by atoms with Crippen LogP contribution in [0.15, 0.2) is 42.5 Å². The topological polar surface area (TPSA) is 64.3 Å². The maximum Gasteiger partial charge on any atom is 0.262 e. The van der Waals surface area contributed by atoms with Crippen molar-refractivity contribution in [1.82, 2.24) is 0 Å². The summed E-state index contributed by atoms with van der Waals surface area (Å²) in [6.45, 7) is -0.128. The van der Waals surface area contributed by atoms with Crippen molar-refractivity contribution in [2.75, 3.05) is 17.7 Å². The molecule has 20 heavy (non-hydrogen) atoms. The maximum atomic E-state index is 13.0. The summed E-state index contributed by atoms with van der Waals surface area (Å²) in [4.78, 5) is 11.7. The van der Waals surface area contributed by atoms with Gasteiger partial charge in [0, 0.05) is 5.69 Å². The summed E-state index contributed by atoms with van der Waals surface area (Å²) in [6, 6.07) is 11.4. The second kappa shape index (κ2) is 6.56. The van der Waals surface area contributed by atoms with E-state index in [9.17, 15) is 9.18 Å². The Balaban J connectivity index is 1.93. The van der Waals surface area contributed by atoms with Gasteiger partial charge in [-0.05, 0) is 52.9 Å². The summed E-state index contributed by atoms with van der Waals surface area (Å²) in [5, 5.41) is 2.59. The molecule has 1 amide bonds. The number of benzene rings is 2. The molecule has 2 aromatic rings.